The van der Waals surface area contributed by atoms with Gasteiger partial charge in [-0.2, -0.15) is 0 Å². The highest BCUT2D eigenvalue weighted by atomic mass is 16.7. The molecule has 0 amide bonds. The van der Waals surface area contributed by atoms with Crippen molar-refractivity contribution < 1.29 is 28.5 Å². The summed E-state index contributed by atoms with van der Waals surface area (Å²) in [5.74, 6) is 0.286. The van der Waals surface area contributed by atoms with Gasteiger partial charge in [0.2, 0.25) is 0 Å². The molecule has 0 aliphatic heterocycles. The van der Waals surface area contributed by atoms with Crippen LogP contribution in [0.25, 0.3) is 0 Å². The molecular formula is C15H26O6. The molecule has 6 nitrogen and oxygen atoms in total. The molecule has 0 spiro atoms. The van der Waals surface area contributed by atoms with Crippen molar-refractivity contribution in [2.75, 3.05) is 6.61 Å². The van der Waals surface area contributed by atoms with E-state index in [9.17, 15) is 9.59 Å². The van der Waals surface area contributed by atoms with Gasteiger partial charge >= 0.3 is 12.3 Å². The SMILES string of the molecule is CC(C)COC(=O)OC1CCC(OC(=O)OC(C)C)CC1. The van der Waals surface area contributed by atoms with Gasteiger partial charge in [-0.3, -0.25) is 0 Å². The first kappa shape index (κ1) is 17.6. The van der Waals surface area contributed by atoms with Gasteiger partial charge in [0.1, 0.15) is 12.2 Å². The largest absolute Gasteiger partial charge is 0.508 e. The van der Waals surface area contributed by atoms with E-state index in [1.54, 1.807) is 13.8 Å². The lowest BCUT2D eigenvalue weighted by Crippen LogP contribution is -2.30. The summed E-state index contributed by atoms with van der Waals surface area (Å²) in [6, 6.07) is 0. The van der Waals surface area contributed by atoms with Crippen LogP contribution < -0.4 is 0 Å². The predicted octanol–water partition coefficient (Wildman–Crippen LogP) is 3.67. The Balaban J connectivity index is 2.20. The Hall–Kier alpha value is -1.46. The van der Waals surface area contributed by atoms with Crippen LogP contribution in [0, 0.1) is 5.92 Å². The standard InChI is InChI=1S/C15H26O6/c1-10(2)9-18-14(16)20-12-5-7-13(8-6-12)21-15(17)19-11(3)4/h10-13H,5-9H2,1-4H3. The molecule has 0 unspecified atom stereocenters. The van der Waals surface area contributed by atoms with Crippen LogP contribution in [-0.2, 0) is 18.9 Å². The Bertz CT molecular complexity index is 331. The molecule has 0 atom stereocenters. The first-order valence-corrected chi connectivity index (χ1v) is 7.57. The molecule has 0 saturated heterocycles. The summed E-state index contributed by atoms with van der Waals surface area (Å²) in [7, 11) is 0. The monoisotopic (exact) mass is 302 g/mol. The Morgan fingerprint density at radius 1 is 0.905 bits per heavy atom. The van der Waals surface area contributed by atoms with Crippen LogP contribution in [0.5, 0.6) is 0 Å². The summed E-state index contributed by atoms with van der Waals surface area (Å²) in [5.41, 5.74) is 0. The molecule has 1 aliphatic rings. The van der Waals surface area contributed by atoms with E-state index in [1.165, 1.54) is 0 Å². The minimum Gasteiger partial charge on any atom is -0.434 e. The lowest BCUT2D eigenvalue weighted by Gasteiger charge is -2.27. The maximum atomic E-state index is 11.4. The molecule has 0 aromatic rings. The fraction of sp³-hybridized carbons (Fsp3) is 0.867. The van der Waals surface area contributed by atoms with Crippen molar-refractivity contribution in [3.05, 3.63) is 0 Å². The van der Waals surface area contributed by atoms with Crippen molar-refractivity contribution in [3.8, 4) is 0 Å². The Labute approximate surface area is 126 Å². The molecule has 6 heteroatoms. The second-order valence-corrected chi connectivity index (χ2v) is 6.01. The van der Waals surface area contributed by atoms with Gasteiger partial charge in [-0.05, 0) is 45.4 Å². The third-order valence-electron chi connectivity index (χ3n) is 3.01. The molecule has 122 valence electrons. The van der Waals surface area contributed by atoms with Gasteiger partial charge in [-0.1, -0.05) is 13.8 Å². The smallest absolute Gasteiger partial charge is 0.434 e. The van der Waals surface area contributed by atoms with Crippen LogP contribution >= 0.6 is 0 Å². The summed E-state index contributed by atoms with van der Waals surface area (Å²) in [4.78, 5) is 22.8. The third kappa shape index (κ3) is 7.78. The second kappa shape index (κ2) is 8.74. The van der Waals surface area contributed by atoms with E-state index in [0.29, 0.717) is 32.3 Å². The van der Waals surface area contributed by atoms with Crippen molar-refractivity contribution in [1.82, 2.24) is 0 Å². The Morgan fingerprint density at radius 2 is 1.38 bits per heavy atom. The molecule has 0 aromatic heterocycles. The zero-order valence-corrected chi connectivity index (χ0v) is 13.3. The molecule has 0 bridgehead atoms. The Morgan fingerprint density at radius 3 is 1.81 bits per heavy atom. The predicted molar refractivity (Wildman–Crippen MR) is 76.0 cm³/mol. The van der Waals surface area contributed by atoms with E-state index >= 15 is 0 Å². The molecule has 0 radical (unpaired) electrons. The van der Waals surface area contributed by atoms with Gasteiger partial charge in [-0.25, -0.2) is 9.59 Å². The maximum absolute atomic E-state index is 11.4. The van der Waals surface area contributed by atoms with E-state index in [1.807, 2.05) is 13.8 Å². The minimum absolute atomic E-state index is 0.161. The molecule has 0 aromatic carbocycles. The lowest BCUT2D eigenvalue weighted by molar-refractivity contribution is -0.0338. The van der Waals surface area contributed by atoms with Crippen LogP contribution in [-0.4, -0.2) is 37.2 Å². The van der Waals surface area contributed by atoms with Gasteiger partial charge in [0.25, 0.3) is 0 Å². The first-order chi connectivity index (χ1) is 9.86. The highest BCUT2D eigenvalue weighted by Crippen LogP contribution is 2.24. The zero-order valence-electron chi connectivity index (χ0n) is 13.3. The van der Waals surface area contributed by atoms with E-state index < -0.39 is 12.3 Å². The Kier molecular flexibility index (Phi) is 7.32. The molecule has 1 aliphatic carbocycles. The summed E-state index contributed by atoms with van der Waals surface area (Å²) in [6.45, 7) is 7.83. The highest BCUT2D eigenvalue weighted by molar-refractivity contribution is 5.60. The average molecular weight is 302 g/mol. The van der Waals surface area contributed by atoms with Gasteiger partial charge < -0.3 is 18.9 Å². The lowest BCUT2D eigenvalue weighted by atomic mass is 9.95. The van der Waals surface area contributed by atoms with Crippen molar-refractivity contribution >= 4 is 12.3 Å². The number of carbonyl (C=O) groups excluding carboxylic acids is 2. The van der Waals surface area contributed by atoms with E-state index in [0.717, 1.165) is 0 Å². The number of hydrogen-bond donors (Lipinski definition) is 0. The third-order valence-corrected chi connectivity index (χ3v) is 3.01. The van der Waals surface area contributed by atoms with E-state index in [2.05, 4.69) is 0 Å². The van der Waals surface area contributed by atoms with E-state index in [-0.39, 0.29) is 24.2 Å². The molecule has 1 fully saturated rings. The molecular weight excluding hydrogens is 276 g/mol. The fourth-order valence-corrected chi connectivity index (χ4v) is 2.03. The summed E-state index contributed by atoms with van der Waals surface area (Å²) in [5, 5.41) is 0. The number of rotatable bonds is 5. The first-order valence-electron chi connectivity index (χ1n) is 7.57. The van der Waals surface area contributed by atoms with Gasteiger partial charge in [0, 0.05) is 0 Å². The maximum Gasteiger partial charge on any atom is 0.508 e. The van der Waals surface area contributed by atoms with E-state index in [4.69, 9.17) is 18.9 Å². The minimum atomic E-state index is -0.634. The number of carbonyl (C=O) groups is 2. The molecule has 0 heterocycles. The van der Waals surface area contributed by atoms with Gasteiger partial charge in [-0.15, -0.1) is 0 Å². The average Bonchev–Trinajstić information content (AvgIpc) is 2.37. The molecule has 1 rings (SSSR count). The summed E-state index contributed by atoms with van der Waals surface area (Å²) >= 11 is 0. The zero-order chi connectivity index (χ0) is 15.8. The second-order valence-electron chi connectivity index (χ2n) is 6.01. The van der Waals surface area contributed by atoms with Crippen LogP contribution in [0.1, 0.15) is 53.4 Å². The summed E-state index contributed by atoms with van der Waals surface area (Å²) in [6.07, 6.45) is 0.886. The van der Waals surface area contributed by atoms with Crippen LogP contribution in [0.3, 0.4) is 0 Å². The van der Waals surface area contributed by atoms with Crippen LogP contribution in [0.15, 0.2) is 0 Å². The van der Waals surface area contributed by atoms with Crippen LogP contribution in [0.4, 0.5) is 9.59 Å². The molecule has 21 heavy (non-hydrogen) atoms. The van der Waals surface area contributed by atoms with Gasteiger partial charge in [0.15, 0.2) is 0 Å². The molecule has 0 N–H and O–H groups in total. The van der Waals surface area contributed by atoms with Crippen molar-refractivity contribution in [2.24, 2.45) is 5.92 Å². The summed E-state index contributed by atoms with van der Waals surface area (Å²) < 4.78 is 20.3. The quantitative estimate of drug-likeness (QED) is 0.722. The van der Waals surface area contributed by atoms with Crippen LogP contribution in [0.2, 0.25) is 0 Å². The van der Waals surface area contributed by atoms with Crippen molar-refractivity contribution in [3.63, 3.8) is 0 Å². The fourth-order valence-electron chi connectivity index (χ4n) is 2.03. The van der Waals surface area contributed by atoms with Crippen molar-refractivity contribution in [2.45, 2.75) is 71.7 Å². The number of ether oxygens (including phenoxy) is 4. The topological polar surface area (TPSA) is 71.1 Å². The normalized spacial score (nSPS) is 22.0. The van der Waals surface area contributed by atoms with Gasteiger partial charge in [0.05, 0.1) is 12.7 Å². The number of hydrogen-bond acceptors (Lipinski definition) is 6. The highest BCUT2D eigenvalue weighted by Gasteiger charge is 2.27. The molecule has 1 saturated carbocycles. The van der Waals surface area contributed by atoms with Crippen molar-refractivity contribution in [1.29, 1.82) is 0 Å².